The Kier molecular flexibility index (Phi) is 3.32. The van der Waals surface area contributed by atoms with Gasteiger partial charge in [-0.25, -0.2) is 4.98 Å². The minimum atomic E-state index is 0.832. The first-order valence-electron chi connectivity index (χ1n) is 8.56. The fourth-order valence-corrected chi connectivity index (χ4v) is 3.52. The van der Waals surface area contributed by atoms with Gasteiger partial charge in [-0.05, 0) is 35.0 Å². The molecule has 124 valence electrons. The Morgan fingerprint density at radius 3 is 1.85 bits per heavy atom. The maximum Gasteiger partial charge on any atom is 0.118 e. The smallest absolute Gasteiger partial charge is 0.118 e. The third-order valence-corrected chi connectivity index (χ3v) is 4.81. The first-order chi connectivity index (χ1) is 12.8. The molecule has 0 radical (unpaired) electrons. The summed E-state index contributed by atoms with van der Waals surface area (Å²) in [5, 5.41) is 4.68. The molecule has 0 aliphatic heterocycles. The second-order valence-electron chi connectivity index (χ2n) is 6.27. The molecule has 1 aromatic heterocycles. The lowest BCUT2D eigenvalue weighted by molar-refractivity contribution is 0.415. The van der Waals surface area contributed by atoms with E-state index in [0.717, 1.165) is 38.8 Å². The fourth-order valence-electron chi connectivity index (χ4n) is 3.52. The van der Waals surface area contributed by atoms with Crippen LogP contribution < -0.4 is 4.74 Å². The quantitative estimate of drug-likeness (QED) is 0.393. The molecule has 0 saturated heterocycles. The molecule has 0 bridgehead atoms. The first-order valence-corrected chi connectivity index (χ1v) is 8.56. The number of rotatable bonds is 2. The predicted molar refractivity (Wildman–Crippen MR) is 107 cm³/mol. The van der Waals surface area contributed by atoms with Gasteiger partial charge in [-0.1, -0.05) is 48.5 Å². The summed E-state index contributed by atoms with van der Waals surface area (Å²) in [4.78, 5) is 9.76. The number of methoxy groups -OCH3 is 1. The van der Waals surface area contributed by atoms with E-state index < -0.39 is 0 Å². The lowest BCUT2D eigenvalue weighted by Crippen LogP contribution is -1.92. The van der Waals surface area contributed by atoms with E-state index in [1.165, 1.54) is 10.8 Å². The van der Waals surface area contributed by atoms with E-state index in [4.69, 9.17) is 14.7 Å². The standard InChI is InChI=1S/C23H16N2O/c1-26-16-12-10-15(11-13-16)21-14-24-22-19-8-4-2-6-17(19)18-7-3-5-9-20(18)23(22)25-21/h2-14H,1H3. The van der Waals surface area contributed by atoms with Crippen LogP contribution >= 0.6 is 0 Å². The summed E-state index contributed by atoms with van der Waals surface area (Å²) in [7, 11) is 1.67. The molecule has 1 heterocycles. The summed E-state index contributed by atoms with van der Waals surface area (Å²) in [6.45, 7) is 0. The zero-order valence-corrected chi connectivity index (χ0v) is 14.3. The average molecular weight is 336 g/mol. The number of hydrogen-bond donors (Lipinski definition) is 0. The van der Waals surface area contributed by atoms with Gasteiger partial charge in [0.05, 0.1) is 30.0 Å². The Morgan fingerprint density at radius 1 is 0.654 bits per heavy atom. The number of benzene rings is 4. The topological polar surface area (TPSA) is 35.0 Å². The van der Waals surface area contributed by atoms with Gasteiger partial charge < -0.3 is 4.74 Å². The van der Waals surface area contributed by atoms with Gasteiger partial charge in [0, 0.05) is 16.3 Å². The van der Waals surface area contributed by atoms with Gasteiger partial charge in [0.15, 0.2) is 0 Å². The Hall–Kier alpha value is -3.46. The third kappa shape index (κ3) is 2.21. The zero-order chi connectivity index (χ0) is 17.5. The van der Waals surface area contributed by atoms with Crippen LogP contribution in [0, 0.1) is 0 Å². The van der Waals surface area contributed by atoms with Crippen molar-refractivity contribution in [3.05, 3.63) is 79.0 Å². The molecule has 26 heavy (non-hydrogen) atoms. The van der Waals surface area contributed by atoms with Gasteiger partial charge in [0.25, 0.3) is 0 Å². The van der Waals surface area contributed by atoms with Crippen LogP contribution in [0.15, 0.2) is 79.0 Å². The molecular weight excluding hydrogens is 320 g/mol. The van der Waals surface area contributed by atoms with Crippen LogP contribution in [0.5, 0.6) is 5.75 Å². The maximum absolute atomic E-state index is 5.25. The van der Waals surface area contributed by atoms with Gasteiger partial charge in [0.2, 0.25) is 0 Å². The van der Waals surface area contributed by atoms with Crippen molar-refractivity contribution in [2.75, 3.05) is 7.11 Å². The number of hydrogen-bond acceptors (Lipinski definition) is 3. The van der Waals surface area contributed by atoms with Crippen molar-refractivity contribution in [1.29, 1.82) is 0 Å². The van der Waals surface area contributed by atoms with E-state index in [9.17, 15) is 0 Å². The highest BCUT2D eigenvalue weighted by atomic mass is 16.5. The van der Waals surface area contributed by atoms with Crippen LogP contribution in [-0.2, 0) is 0 Å². The maximum atomic E-state index is 5.25. The molecule has 3 heteroatoms. The van der Waals surface area contributed by atoms with E-state index in [0.29, 0.717) is 0 Å². The third-order valence-electron chi connectivity index (χ3n) is 4.81. The second kappa shape index (κ2) is 5.81. The van der Waals surface area contributed by atoms with Crippen molar-refractivity contribution < 1.29 is 4.74 Å². The molecule has 0 fully saturated rings. The van der Waals surface area contributed by atoms with Crippen molar-refractivity contribution in [3.63, 3.8) is 0 Å². The van der Waals surface area contributed by atoms with Gasteiger partial charge in [-0.3, -0.25) is 4.98 Å². The average Bonchev–Trinajstić information content (AvgIpc) is 2.74. The van der Waals surface area contributed by atoms with Crippen molar-refractivity contribution in [1.82, 2.24) is 9.97 Å². The molecule has 5 rings (SSSR count). The Balaban J connectivity index is 1.85. The summed E-state index contributed by atoms with van der Waals surface area (Å²) >= 11 is 0. The second-order valence-corrected chi connectivity index (χ2v) is 6.27. The van der Waals surface area contributed by atoms with Crippen LogP contribution in [0.25, 0.3) is 43.8 Å². The van der Waals surface area contributed by atoms with Crippen LogP contribution in [0.3, 0.4) is 0 Å². The molecular formula is C23H16N2O. The zero-order valence-electron chi connectivity index (χ0n) is 14.3. The number of ether oxygens (including phenoxy) is 1. The largest absolute Gasteiger partial charge is 0.497 e. The van der Waals surface area contributed by atoms with Gasteiger partial charge in [-0.15, -0.1) is 0 Å². The lowest BCUT2D eigenvalue weighted by Gasteiger charge is -2.10. The first kappa shape index (κ1) is 14.8. The summed E-state index contributed by atoms with van der Waals surface area (Å²) in [6, 6.07) is 24.7. The molecule has 0 unspecified atom stereocenters. The predicted octanol–water partition coefficient (Wildman–Crippen LogP) is 5.61. The highest BCUT2D eigenvalue weighted by Crippen LogP contribution is 2.34. The summed E-state index contributed by atoms with van der Waals surface area (Å²) < 4.78 is 5.25. The summed E-state index contributed by atoms with van der Waals surface area (Å²) in [5.74, 6) is 0.832. The highest BCUT2D eigenvalue weighted by Gasteiger charge is 2.11. The van der Waals surface area contributed by atoms with Gasteiger partial charge in [-0.2, -0.15) is 0 Å². The monoisotopic (exact) mass is 336 g/mol. The molecule has 5 aromatic rings. The fraction of sp³-hybridized carbons (Fsp3) is 0.0435. The highest BCUT2D eigenvalue weighted by molar-refractivity contribution is 6.23. The van der Waals surface area contributed by atoms with Crippen molar-refractivity contribution in [2.24, 2.45) is 0 Å². The summed E-state index contributed by atoms with van der Waals surface area (Å²) in [5.41, 5.74) is 3.77. The number of fused-ring (bicyclic) bond motifs is 6. The van der Waals surface area contributed by atoms with E-state index in [-0.39, 0.29) is 0 Å². The Labute approximate surface area is 150 Å². The summed E-state index contributed by atoms with van der Waals surface area (Å²) in [6.07, 6.45) is 1.85. The minimum absolute atomic E-state index is 0.832. The van der Waals surface area contributed by atoms with Gasteiger partial charge in [0.1, 0.15) is 5.75 Å². The molecule has 0 atom stereocenters. The molecule has 4 aromatic carbocycles. The number of aromatic nitrogens is 2. The van der Waals surface area contributed by atoms with Crippen molar-refractivity contribution >= 4 is 32.6 Å². The molecule has 0 aliphatic rings. The van der Waals surface area contributed by atoms with Crippen LogP contribution in [0.2, 0.25) is 0 Å². The molecule has 0 N–H and O–H groups in total. The van der Waals surface area contributed by atoms with E-state index in [1.807, 2.05) is 30.5 Å². The van der Waals surface area contributed by atoms with E-state index in [1.54, 1.807) is 7.11 Å². The molecule has 0 amide bonds. The van der Waals surface area contributed by atoms with Crippen LogP contribution in [0.1, 0.15) is 0 Å². The molecule has 0 aliphatic carbocycles. The van der Waals surface area contributed by atoms with Gasteiger partial charge >= 0.3 is 0 Å². The molecule has 3 nitrogen and oxygen atoms in total. The van der Waals surface area contributed by atoms with Crippen molar-refractivity contribution in [2.45, 2.75) is 0 Å². The normalized spacial score (nSPS) is 11.3. The van der Waals surface area contributed by atoms with E-state index in [2.05, 4.69) is 48.5 Å². The van der Waals surface area contributed by atoms with Crippen LogP contribution in [-0.4, -0.2) is 17.1 Å². The minimum Gasteiger partial charge on any atom is -0.497 e. The SMILES string of the molecule is COc1ccc(-c2cnc3c4ccccc4c4ccccc4c3n2)cc1. The van der Waals surface area contributed by atoms with Crippen molar-refractivity contribution in [3.8, 4) is 17.0 Å². The number of nitrogens with zero attached hydrogens (tertiary/aromatic N) is 2. The Morgan fingerprint density at radius 2 is 1.23 bits per heavy atom. The Bertz CT molecular complexity index is 1220. The molecule has 0 saturated carbocycles. The van der Waals surface area contributed by atoms with Crippen LogP contribution in [0.4, 0.5) is 0 Å². The molecule has 0 spiro atoms. The lowest BCUT2D eigenvalue weighted by atomic mass is 9.99. The van der Waals surface area contributed by atoms with E-state index >= 15 is 0 Å².